The number of hydrogen-bond acceptors (Lipinski definition) is 5. The van der Waals surface area contributed by atoms with E-state index in [2.05, 4.69) is 16.0 Å². The van der Waals surface area contributed by atoms with Gasteiger partial charge in [-0.2, -0.15) is 0 Å². The van der Waals surface area contributed by atoms with Crippen LogP contribution in [0.1, 0.15) is 30.6 Å². The number of anilines is 1. The molecule has 2 atom stereocenters. The molecule has 3 N–H and O–H groups in total. The number of urea groups is 1. The summed E-state index contributed by atoms with van der Waals surface area (Å²) < 4.78 is 4.88. The maximum atomic E-state index is 12.1. The third kappa shape index (κ3) is 4.31. The molecule has 0 saturated carbocycles. The topological polar surface area (TPSA) is 114 Å². The average molecular weight is 333 g/mol. The fourth-order valence-electron chi connectivity index (χ4n) is 2.36. The first-order valence-electron chi connectivity index (χ1n) is 7.59. The summed E-state index contributed by atoms with van der Waals surface area (Å²) in [6, 6.07) is 5.27. The zero-order valence-electron chi connectivity index (χ0n) is 13.4. The Balaban J connectivity index is 1.93. The molecule has 1 aromatic carbocycles. The number of nitrogens with one attached hydrogen (secondary N) is 3. The van der Waals surface area contributed by atoms with Gasteiger partial charge in [0, 0.05) is 18.2 Å². The quantitative estimate of drug-likeness (QED) is 0.697. The van der Waals surface area contributed by atoms with Gasteiger partial charge in [0.2, 0.25) is 11.8 Å². The molecule has 1 aliphatic heterocycles. The minimum Gasteiger partial charge on any atom is -0.462 e. The van der Waals surface area contributed by atoms with Crippen LogP contribution < -0.4 is 16.0 Å². The Morgan fingerprint density at radius 2 is 1.88 bits per heavy atom. The lowest BCUT2D eigenvalue weighted by molar-refractivity contribution is -0.129. The fraction of sp³-hybridized carbons (Fsp3) is 0.375. The number of ether oxygens (including phenoxy) is 1. The Hall–Kier alpha value is -2.90. The Kier molecular flexibility index (Phi) is 5.51. The molecule has 1 heterocycles. The summed E-state index contributed by atoms with van der Waals surface area (Å²) in [5.74, 6) is -1.90. The number of hydrogen-bond donors (Lipinski definition) is 3. The van der Waals surface area contributed by atoms with E-state index in [1.807, 2.05) is 0 Å². The molecule has 128 valence electrons. The van der Waals surface area contributed by atoms with Crippen molar-refractivity contribution in [2.75, 3.05) is 11.9 Å². The molecule has 0 bridgehead atoms. The Morgan fingerprint density at radius 1 is 1.21 bits per heavy atom. The third-order valence-electron chi connectivity index (χ3n) is 3.62. The molecule has 1 aliphatic rings. The number of rotatable bonds is 5. The van der Waals surface area contributed by atoms with Crippen molar-refractivity contribution in [3.63, 3.8) is 0 Å². The van der Waals surface area contributed by atoms with Crippen LogP contribution in [0.5, 0.6) is 0 Å². The molecular weight excluding hydrogens is 314 g/mol. The SMILES string of the molecule is CCOC(=O)c1ccc(NC(=O)CC2C(=O)NC(=O)NC2C)cc1. The number of carbonyl (C=O) groups is 4. The van der Waals surface area contributed by atoms with Gasteiger partial charge in [-0.1, -0.05) is 0 Å². The molecule has 4 amide bonds. The Labute approximate surface area is 138 Å². The summed E-state index contributed by atoms with van der Waals surface area (Å²) in [7, 11) is 0. The van der Waals surface area contributed by atoms with Crippen LogP contribution in [-0.2, 0) is 14.3 Å². The van der Waals surface area contributed by atoms with Crippen molar-refractivity contribution in [2.45, 2.75) is 26.3 Å². The minimum absolute atomic E-state index is 0.0626. The van der Waals surface area contributed by atoms with Crippen LogP contribution in [-0.4, -0.2) is 36.5 Å². The van der Waals surface area contributed by atoms with Crippen molar-refractivity contribution < 1.29 is 23.9 Å². The maximum absolute atomic E-state index is 12.1. The summed E-state index contributed by atoms with van der Waals surface area (Å²) in [6.45, 7) is 3.68. The Morgan fingerprint density at radius 3 is 2.46 bits per heavy atom. The van der Waals surface area contributed by atoms with E-state index in [0.29, 0.717) is 11.3 Å². The summed E-state index contributed by atoms with van der Waals surface area (Å²) in [6.07, 6.45) is -0.0626. The molecule has 0 aromatic heterocycles. The van der Waals surface area contributed by atoms with Gasteiger partial charge in [-0.25, -0.2) is 9.59 Å². The van der Waals surface area contributed by atoms with Crippen molar-refractivity contribution in [3.8, 4) is 0 Å². The van der Waals surface area contributed by atoms with Gasteiger partial charge in [-0.05, 0) is 38.1 Å². The zero-order valence-corrected chi connectivity index (χ0v) is 13.4. The van der Waals surface area contributed by atoms with E-state index in [9.17, 15) is 19.2 Å². The molecule has 0 aliphatic carbocycles. The second kappa shape index (κ2) is 7.58. The molecule has 24 heavy (non-hydrogen) atoms. The normalized spacial score (nSPS) is 19.9. The van der Waals surface area contributed by atoms with Crippen LogP contribution in [0.25, 0.3) is 0 Å². The monoisotopic (exact) mass is 333 g/mol. The van der Waals surface area contributed by atoms with Gasteiger partial charge >= 0.3 is 12.0 Å². The lowest BCUT2D eigenvalue weighted by Crippen LogP contribution is -2.57. The highest BCUT2D eigenvalue weighted by Crippen LogP contribution is 2.16. The summed E-state index contributed by atoms with van der Waals surface area (Å²) in [4.78, 5) is 46.6. The summed E-state index contributed by atoms with van der Waals surface area (Å²) >= 11 is 0. The summed E-state index contributed by atoms with van der Waals surface area (Å²) in [5, 5.41) is 7.36. The molecule has 8 heteroatoms. The van der Waals surface area contributed by atoms with Crippen molar-refractivity contribution >= 4 is 29.5 Å². The van der Waals surface area contributed by atoms with Crippen molar-refractivity contribution in [1.82, 2.24) is 10.6 Å². The second-order valence-electron chi connectivity index (χ2n) is 5.41. The van der Waals surface area contributed by atoms with E-state index in [-0.39, 0.29) is 18.9 Å². The van der Waals surface area contributed by atoms with E-state index in [1.54, 1.807) is 38.1 Å². The Bertz CT molecular complexity index is 656. The molecule has 8 nitrogen and oxygen atoms in total. The minimum atomic E-state index is -0.637. The molecule has 2 unspecified atom stereocenters. The second-order valence-corrected chi connectivity index (χ2v) is 5.41. The maximum Gasteiger partial charge on any atom is 0.338 e. The number of benzene rings is 1. The largest absolute Gasteiger partial charge is 0.462 e. The zero-order chi connectivity index (χ0) is 17.7. The van der Waals surface area contributed by atoms with E-state index >= 15 is 0 Å². The van der Waals surface area contributed by atoms with Gasteiger partial charge in [0.15, 0.2) is 0 Å². The highest BCUT2D eigenvalue weighted by molar-refractivity contribution is 6.01. The average Bonchev–Trinajstić information content (AvgIpc) is 2.52. The van der Waals surface area contributed by atoms with Gasteiger partial charge in [0.05, 0.1) is 18.1 Å². The van der Waals surface area contributed by atoms with Crippen LogP contribution in [0.15, 0.2) is 24.3 Å². The van der Waals surface area contributed by atoms with Gasteiger partial charge in [-0.3, -0.25) is 14.9 Å². The predicted octanol–water partition coefficient (Wildman–Crippen LogP) is 1.04. The first-order chi connectivity index (χ1) is 11.4. The van der Waals surface area contributed by atoms with Gasteiger partial charge < -0.3 is 15.4 Å². The van der Waals surface area contributed by atoms with E-state index in [0.717, 1.165) is 0 Å². The number of amides is 4. The predicted molar refractivity (Wildman–Crippen MR) is 85.3 cm³/mol. The summed E-state index contributed by atoms with van der Waals surface area (Å²) in [5.41, 5.74) is 0.888. The lowest BCUT2D eigenvalue weighted by Gasteiger charge is -2.28. The highest BCUT2D eigenvalue weighted by atomic mass is 16.5. The highest BCUT2D eigenvalue weighted by Gasteiger charge is 2.34. The molecule has 2 rings (SSSR count). The number of esters is 1. The van der Waals surface area contributed by atoms with Crippen LogP contribution in [0.4, 0.5) is 10.5 Å². The van der Waals surface area contributed by atoms with Crippen molar-refractivity contribution in [2.24, 2.45) is 5.92 Å². The van der Waals surface area contributed by atoms with Crippen LogP contribution in [0.2, 0.25) is 0 Å². The number of imide groups is 1. The van der Waals surface area contributed by atoms with E-state index in [4.69, 9.17) is 4.74 Å². The van der Waals surface area contributed by atoms with E-state index in [1.165, 1.54) is 0 Å². The van der Waals surface area contributed by atoms with Crippen LogP contribution in [0, 0.1) is 5.92 Å². The number of carbonyl (C=O) groups excluding carboxylic acids is 4. The first-order valence-corrected chi connectivity index (χ1v) is 7.59. The van der Waals surface area contributed by atoms with Gasteiger partial charge in [-0.15, -0.1) is 0 Å². The molecule has 1 fully saturated rings. The fourth-order valence-corrected chi connectivity index (χ4v) is 2.36. The molecule has 1 aromatic rings. The van der Waals surface area contributed by atoms with Gasteiger partial charge in [0.1, 0.15) is 0 Å². The standard InChI is InChI=1S/C16H19N3O5/c1-3-24-15(22)10-4-6-11(7-5-10)18-13(20)8-12-9(2)17-16(23)19-14(12)21/h4-7,9,12H,3,8H2,1-2H3,(H,18,20)(H2,17,19,21,23). The smallest absolute Gasteiger partial charge is 0.338 e. The van der Waals surface area contributed by atoms with Gasteiger partial charge in [0.25, 0.3) is 0 Å². The third-order valence-corrected chi connectivity index (χ3v) is 3.62. The molecule has 1 saturated heterocycles. The van der Waals surface area contributed by atoms with E-state index < -0.39 is 29.9 Å². The van der Waals surface area contributed by atoms with Crippen molar-refractivity contribution in [3.05, 3.63) is 29.8 Å². The van der Waals surface area contributed by atoms with Crippen LogP contribution in [0.3, 0.4) is 0 Å². The first kappa shape index (κ1) is 17.5. The molecular formula is C16H19N3O5. The van der Waals surface area contributed by atoms with Crippen LogP contribution >= 0.6 is 0 Å². The lowest BCUT2D eigenvalue weighted by atomic mass is 9.94. The molecule has 0 radical (unpaired) electrons. The van der Waals surface area contributed by atoms with Crippen molar-refractivity contribution in [1.29, 1.82) is 0 Å². The molecule has 0 spiro atoms.